The van der Waals surface area contributed by atoms with Crippen LogP contribution in [0.4, 0.5) is 11.4 Å². The van der Waals surface area contributed by atoms with Crippen LogP contribution in [0.25, 0.3) is 0 Å². The Morgan fingerprint density at radius 2 is 2.06 bits per heavy atom. The van der Waals surface area contributed by atoms with Gasteiger partial charge in [0, 0.05) is 30.7 Å². The lowest BCUT2D eigenvalue weighted by molar-refractivity contribution is 0.283. The third-order valence-electron chi connectivity index (χ3n) is 3.57. The summed E-state index contributed by atoms with van der Waals surface area (Å²) >= 11 is 0. The van der Waals surface area contributed by atoms with Crippen LogP contribution in [0.3, 0.4) is 0 Å². The maximum atomic E-state index is 11.2. The van der Waals surface area contributed by atoms with Crippen LogP contribution in [0.1, 0.15) is 12.8 Å². The summed E-state index contributed by atoms with van der Waals surface area (Å²) in [5, 5.41) is 0. The Morgan fingerprint density at radius 3 is 2.61 bits per heavy atom. The van der Waals surface area contributed by atoms with Gasteiger partial charge < -0.3 is 10.6 Å². The van der Waals surface area contributed by atoms with Crippen molar-refractivity contribution < 1.29 is 8.42 Å². The van der Waals surface area contributed by atoms with Crippen LogP contribution in [0, 0.1) is 5.92 Å². The lowest BCUT2D eigenvalue weighted by Gasteiger charge is -2.42. The molecule has 5 heteroatoms. The molecule has 1 fully saturated rings. The van der Waals surface area contributed by atoms with Crippen LogP contribution >= 0.6 is 0 Å². The van der Waals surface area contributed by atoms with Crippen LogP contribution in [0.5, 0.6) is 0 Å². The number of rotatable bonds is 4. The van der Waals surface area contributed by atoms with E-state index in [1.165, 1.54) is 6.26 Å². The van der Waals surface area contributed by atoms with Gasteiger partial charge in [-0.05, 0) is 37.0 Å². The summed E-state index contributed by atoms with van der Waals surface area (Å²) in [6.07, 6.45) is 3.19. The van der Waals surface area contributed by atoms with Crippen molar-refractivity contribution >= 4 is 21.2 Å². The predicted molar refractivity (Wildman–Crippen MR) is 75.5 cm³/mol. The molecule has 1 aromatic rings. The molecule has 0 aliphatic heterocycles. The van der Waals surface area contributed by atoms with Gasteiger partial charge in [0.2, 0.25) is 0 Å². The molecule has 18 heavy (non-hydrogen) atoms. The highest BCUT2D eigenvalue weighted by Gasteiger charge is 2.34. The van der Waals surface area contributed by atoms with Gasteiger partial charge in [0.15, 0.2) is 0 Å². The smallest absolute Gasteiger partial charge is 0.147 e. The normalized spacial score (nSPS) is 23.4. The summed E-state index contributed by atoms with van der Waals surface area (Å²) in [7, 11) is -0.805. The van der Waals surface area contributed by atoms with Crippen molar-refractivity contribution in [2.45, 2.75) is 18.9 Å². The fourth-order valence-corrected chi connectivity index (χ4v) is 3.66. The average molecular weight is 268 g/mol. The van der Waals surface area contributed by atoms with Crippen molar-refractivity contribution in [1.82, 2.24) is 0 Å². The van der Waals surface area contributed by atoms with E-state index < -0.39 is 9.84 Å². The Labute approximate surface area is 109 Å². The van der Waals surface area contributed by atoms with Crippen molar-refractivity contribution in [2.75, 3.05) is 29.7 Å². The highest BCUT2D eigenvalue weighted by molar-refractivity contribution is 7.90. The SMILES string of the molecule is CN(c1cccc(N)c1)C1CC(CS(C)(=O)=O)C1. The number of nitrogens with two attached hydrogens (primary N) is 1. The molecule has 0 amide bonds. The molecule has 0 radical (unpaired) electrons. The lowest BCUT2D eigenvalue weighted by Crippen LogP contribution is -2.44. The second-order valence-electron chi connectivity index (χ2n) is 5.29. The quantitative estimate of drug-likeness (QED) is 0.841. The first-order valence-corrected chi connectivity index (χ1v) is 8.17. The second kappa shape index (κ2) is 4.80. The third kappa shape index (κ3) is 3.16. The fourth-order valence-electron chi connectivity index (χ4n) is 2.54. The van der Waals surface area contributed by atoms with Crippen molar-refractivity contribution in [1.29, 1.82) is 0 Å². The van der Waals surface area contributed by atoms with Crippen LogP contribution in [-0.2, 0) is 9.84 Å². The Morgan fingerprint density at radius 1 is 1.39 bits per heavy atom. The molecule has 0 bridgehead atoms. The van der Waals surface area contributed by atoms with Gasteiger partial charge in [0.05, 0.1) is 5.75 Å². The van der Waals surface area contributed by atoms with Gasteiger partial charge in [-0.2, -0.15) is 0 Å². The number of hydrogen-bond donors (Lipinski definition) is 1. The highest BCUT2D eigenvalue weighted by Crippen LogP contribution is 2.34. The topological polar surface area (TPSA) is 63.4 Å². The van der Waals surface area contributed by atoms with Crippen molar-refractivity contribution in [3.05, 3.63) is 24.3 Å². The minimum Gasteiger partial charge on any atom is -0.399 e. The van der Waals surface area contributed by atoms with Crippen LogP contribution in [0.15, 0.2) is 24.3 Å². The standard InChI is InChI=1S/C13H20N2O2S/c1-15(12-5-3-4-11(14)8-12)13-6-10(7-13)9-18(2,16)17/h3-5,8,10,13H,6-7,9,14H2,1-2H3. The number of nitrogens with zero attached hydrogens (tertiary/aromatic N) is 1. The third-order valence-corrected chi connectivity index (χ3v) is 4.65. The zero-order chi connectivity index (χ0) is 13.3. The first kappa shape index (κ1) is 13.2. The molecule has 2 rings (SSSR count). The molecule has 0 aromatic heterocycles. The van der Waals surface area contributed by atoms with Gasteiger partial charge in [0.1, 0.15) is 9.84 Å². The van der Waals surface area contributed by atoms with Gasteiger partial charge >= 0.3 is 0 Å². The zero-order valence-electron chi connectivity index (χ0n) is 10.8. The van der Waals surface area contributed by atoms with Crippen molar-refractivity contribution in [2.24, 2.45) is 5.92 Å². The first-order valence-electron chi connectivity index (χ1n) is 6.11. The molecule has 100 valence electrons. The monoisotopic (exact) mass is 268 g/mol. The van der Waals surface area contributed by atoms with Crippen molar-refractivity contribution in [3.63, 3.8) is 0 Å². The molecule has 1 saturated carbocycles. The van der Waals surface area contributed by atoms with Crippen LogP contribution in [-0.4, -0.2) is 33.5 Å². The van der Waals surface area contributed by atoms with Gasteiger partial charge in [-0.15, -0.1) is 0 Å². The molecule has 0 heterocycles. The molecule has 0 unspecified atom stereocenters. The average Bonchev–Trinajstić information content (AvgIpc) is 2.20. The summed E-state index contributed by atoms with van der Waals surface area (Å²) in [6.45, 7) is 0. The van der Waals surface area contributed by atoms with Gasteiger partial charge in [-0.1, -0.05) is 6.07 Å². The maximum absolute atomic E-state index is 11.2. The van der Waals surface area contributed by atoms with E-state index in [0.717, 1.165) is 24.2 Å². The maximum Gasteiger partial charge on any atom is 0.147 e. The molecule has 0 atom stereocenters. The largest absolute Gasteiger partial charge is 0.399 e. The van der Waals surface area contributed by atoms with Crippen molar-refractivity contribution in [3.8, 4) is 0 Å². The van der Waals surface area contributed by atoms with Gasteiger partial charge in [-0.3, -0.25) is 0 Å². The van der Waals surface area contributed by atoms with Gasteiger partial charge in [0.25, 0.3) is 0 Å². The zero-order valence-corrected chi connectivity index (χ0v) is 11.7. The Bertz CT molecular complexity index is 522. The van der Waals surface area contributed by atoms with E-state index in [-0.39, 0.29) is 0 Å². The number of nitrogen functional groups attached to an aromatic ring is 1. The molecule has 1 aliphatic carbocycles. The number of hydrogen-bond acceptors (Lipinski definition) is 4. The van der Waals surface area contributed by atoms with E-state index in [9.17, 15) is 8.42 Å². The number of benzene rings is 1. The molecule has 0 saturated heterocycles. The van der Waals surface area contributed by atoms with E-state index >= 15 is 0 Å². The molecule has 2 N–H and O–H groups in total. The van der Waals surface area contributed by atoms with Gasteiger partial charge in [-0.25, -0.2) is 8.42 Å². The van der Waals surface area contributed by atoms with E-state index in [2.05, 4.69) is 4.90 Å². The summed E-state index contributed by atoms with van der Waals surface area (Å²) < 4.78 is 22.4. The van der Waals surface area contributed by atoms with E-state index in [4.69, 9.17) is 5.73 Å². The van der Waals surface area contributed by atoms with E-state index in [0.29, 0.717) is 17.7 Å². The minimum absolute atomic E-state index is 0.313. The fraction of sp³-hybridized carbons (Fsp3) is 0.538. The predicted octanol–water partition coefficient (Wildman–Crippen LogP) is 1.53. The Kier molecular flexibility index (Phi) is 3.52. The molecule has 0 spiro atoms. The second-order valence-corrected chi connectivity index (χ2v) is 7.47. The Hall–Kier alpha value is -1.23. The van der Waals surface area contributed by atoms with Crippen LogP contribution < -0.4 is 10.6 Å². The molecular weight excluding hydrogens is 248 g/mol. The highest BCUT2D eigenvalue weighted by atomic mass is 32.2. The van der Waals surface area contributed by atoms with E-state index in [1.807, 2.05) is 31.3 Å². The summed E-state index contributed by atoms with van der Waals surface area (Å²) in [5.41, 5.74) is 7.61. The van der Waals surface area contributed by atoms with Crippen LogP contribution in [0.2, 0.25) is 0 Å². The summed E-state index contributed by atoms with van der Waals surface area (Å²) in [4.78, 5) is 2.19. The summed E-state index contributed by atoms with van der Waals surface area (Å²) in [5.74, 6) is 0.627. The number of anilines is 2. The lowest BCUT2D eigenvalue weighted by atomic mass is 9.80. The molecular formula is C13H20N2O2S. The first-order chi connectivity index (χ1) is 8.35. The van der Waals surface area contributed by atoms with E-state index in [1.54, 1.807) is 0 Å². The number of sulfone groups is 1. The minimum atomic E-state index is -2.84. The molecule has 1 aliphatic rings. The molecule has 1 aromatic carbocycles. The molecule has 4 nitrogen and oxygen atoms in total. The Balaban J connectivity index is 1.92. The summed E-state index contributed by atoms with van der Waals surface area (Å²) in [6, 6.07) is 8.21.